The van der Waals surface area contributed by atoms with Gasteiger partial charge in [0.15, 0.2) is 0 Å². The molecule has 0 bridgehead atoms. The molecule has 1 aliphatic carbocycles. The number of hydrogen-bond acceptors (Lipinski definition) is 3. The molecule has 4 nitrogen and oxygen atoms in total. The molecule has 3 N–H and O–H groups in total. The van der Waals surface area contributed by atoms with Crippen molar-refractivity contribution in [2.45, 2.75) is 58.2 Å². The van der Waals surface area contributed by atoms with Gasteiger partial charge in [-0.15, -0.1) is 0 Å². The number of nitrogens with one attached hydrogen (secondary N) is 1. The SMILES string of the molecule is C[C@@H]1C[C@H](N)[C@H](NC(=O)OC(C)(C)C)C1. The van der Waals surface area contributed by atoms with E-state index in [4.69, 9.17) is 10.5 Å². The first-order valence-electron chi connectivity index (χ1n) is 5.53. The van der Waals surface area contributed by atoms with Gasteiger partial charge in [0.25, 0.3) is 0 Å². The summed E-state index contributed by atoms with van der Waals surface area (Å²) in [5.41, 5.74) is 5.47. The molecule has 1 fully saturated rings. The molecule has 1 aliphatic rings. The van der Waals surface area contributed by atoms with Crippen molar-refractivity contribution >= 4 is 6.09 Å². The molecule has 1 rings (SSSR count). The molecule has 1 amide bonds. The van der Waals surface area contributed by atoms with Gasteiger partial charge in [-0.1, -0.05) is 6.92 Å². The predicted molar refractivity (Wildman–Crippen MR) is 59.5 cm³/mol. The summed E-state index contributed by atoms with van der Waals surface area (Å²) in [6.07, 6.45) is 1.55. The summed E-state index contributed by atoms with van der Waals surface area (Å²) in [6.45, 7) is 7.70. The van der Waals surface area contributed by atoms with Crippen LogP contribution in [0.2, 0.25) is 0 Å². The van der Waals surface area contributed by atoms with Crippen molar-refractivity contribution in [2.75, 3.05) is 0 Å². The number of rotatable bonds is 1. The van der Waals surface area contributed by atoms with Crippen LogP contribution in [0.4, 0.5) is 4.79 Å². The fraction of sp³-hybridized carbons (Fsp3) is 0.909. The van der Waals surface area contributed by atoms with Crippen LogP contribution in [0.1, 0.15) is 40.5 Å². The average Bonchev–Trinajstić information content (AvgIpc) is 2.25. The van der Waals surface area contributed by atoms with Gasteiger partial charge < -0.3 is 15.8 Å². The van der Waals surface area contributed by atoms with E-state index in [-0.39, 0.29) is 18.2 Å². The van der Waals surface area contributed by atoms with Crippen LogP contribution in [0.15, 0.2) is 0 Å². The summed E-state index contributed by atoms with van der Waals surface area (Å²) in [5.74, 6) is 0.583. The maximum atomic E-state index is 11.5. The standard InChI is InChI=1S/C11H22N2O2/c1-7-5-8(12)9(6-7)13-10(14)15-11(2,3)4/h7-9H,5-6,12H2,1-4H3,(H,13,14)/t7-,8+,9-/m1/s1. The summed E-state index contributed by atoms with van der Waals surface area (Å²) in [5, 5.41) is 2.83. The van der Waals surface area contributed by atoms with Crippen molar-refractivity contribution in [1.29, 1.82) is 0 Å². The molecular weight excluding hydrogens is 192 g/mol. The number of carbonyl (C=O) groups is 1. The van der Waals surface area contributed by atoms with Gasteiger partial charge in [0.05, 0.1) is 0 Å². The highest BCUT2D eigenvalue weighted by Crippen LogP contribution is 2.24. The van der Waals surface area contributed by atoms with Crippen LogP contribution in [0.3, 0.4) is 0 Å². The Kier molecular flexibility index (Phi) is 3.60. The lowest BCUT2D eigenvalue weighted by atomic mass is 10.1. The van der Waals surface area contributed by atoms with Crippen LogP contribution in [-0.4, -0.2) is 23.8 Å². The zero-order chi connectivity index (χ0) is 11.6. The van der Waals surface area contributed by atoms with Gasteiger partial charge in [0.2, 0.25) is 0 Å². The average molecular weight is 214 g/mol. The Balaban J connectivity index is 2.39. The number of amides is 1. The minimum atomic E-state index is -0.446. The van der Waals surface area contributed by atoms with Gasteiger partial charge in [-0.05, 0) is 39.5 Å². The van der Waals surface area contributed by atoms with Gasteiger partial charge in [0, 0.05) is 12.1 Å². The van der Waals surface area contributed by atoms with E-state index in [2.05, 4.69) is 12.2 Å². The van der Waals surface area contributed by atoms with Crippen molar-refractivity contribution in [1.82, 2.24) is 5.32 Å². The Morgan fingerprint density at radius 3 is 2.40 bits per heavy atom. The Labute approximate surface area is 91.5 Å². The van der Waals surface area contributed by atoms with E-state index in [0.29, 0.717) is 5.92 Å². The monoisotopic (exact) mass is 214 g/mol. The lowest BCUT2D eigenvalue weighted by Gasteiger charge is -2.23. The second-order valence-corrected chi connectivity index (χ2v) is 5.49. The van der Waals surface area contributed by atoms with Gasteiger partial charge in [0.1, 0.15) is 5.60 Å². The van der Waals surface area contributed by atoms with Gasteiger partial charge in [-0.25, -0.2) is 4.79 Å². The molecular formula is C11H22N2O2. The zero-order valence-electron chi connectivity index (χ0n) is 10.0. The van der Waals surface area contributed by atoms with Crippen LogP contribution in [0.25, 0.3) is 0 Å². The Morgan fingerprint density at radius 1 is 1.40 bits per heavy atom. The van der Waals surface area contributed by atoms with E-state index in [9.17, 15) is 4.79 Å². The summed E-state index contributed by atoms with van der Waals surface area (Å²) in [7, 11) is 0. The Hall–Kier alpha value is -0.770. The van der Waals surface area contributed by atoms with E-state index >= 15 is 0 Å². The lowest BCUT2D eigenvalue weighted by molar-refractivity contribution is 0.0501. The van der Waals surface area contributed by atoms with Crippen molar-refractivity contribution < 1.29 is 9.53 Å². The maximum absolute atomic E-state index is 11.5. The largest absolute Gasteiger partial charge is 0.444 e. The molecule has 0 aliphatic heterocycles. The molecule has 4 heteroatoms. The van der Waals surface area contributed by atoms with E-state index in [1.54, 1.807) is 0 Å². The van der Waals surface area contributed by atoms with Gasteiger partial charge >= 0.3 is 6.09 Å². The first-order valence-corrected chi connectivity index (χ1v) is 5.53. The number of ether oxygens (including phenoxy) is 1. The molecule has 0 aromatic carbocycles. The summed E-state index contributed by atoms with van der Waals surface area (Å²) in [6, 6.07) is 0.127. The third kappa shape index (κ3) is 4.08. The molecule has 1 saturated carbocycles. The molecule has 0 radical (unpaired) electrons. The second kappa shape index (κ2) is 4.39. The normalized spacial score (nSPS) is 31.4. The summed E-state index contributed by atoms with van der Waals surface area (Å²) >= 11 is 0. The highest BCUT2D eigenvalue weighted by molar-refractivity contribution is 5.68. The van der Waals surface area contributed by atoms with Crippen LogP contribution >= 0.6 is 0 Å². The van der Waals surface area contributed by atoms with Crippen molar-refractivity contribution in [2.24, 2.45) is 11.7 Å². The van der Waals surface area contributed by atoms with E-state index < -0.39 is 5.60 Å². The molecule has 15 heavy (non-hydrogen) atoms. The van der Waals surface area contributed by atoms with E-state index in [1.807, 2.05) is 20.8 Å². The molecule has 0 aromatic rings. The topological polar surface area (TPSA) is 64.3 Å². The highest BCUT2D eigenvalue weighted by Gasteiger charge is 2.31. The third-order valence-electron chi connectivity index (χ3n) is 2.55. The zero-order valence-corrected chi connectivity index (χ0v) is 10.0. The minimum absolute atomic E-state index is 0.0625. The number of hydrogen-bond donors (Lipinski definition) is 2. The van der Waals surface area contributed by atoms with E-state index in [0.717, 1.165) is 12.8 Å². The Bertz CT molecular complexity index is 235. The van der Waals surface area contributed by atoms with Crippen molar-refractivity contribution in [3.63, 3.8) is 0 Å². The lowest BCUT2D eigenvalue weighted by Crippen LogP contribution is -2.45. The summed E-state index contributed by atoms with van der Waals surface area (Å²) < 4.78 is 5.18. The molecule has 0 spiro atoms. The fourth-order valence-electron chi connectivity index (χ4n) is 1.96. The van der Waals surface area contributed by atoms with Crippen molar-refractivity contribution in [3.05, 3.63) is 0 Å². The van der Waals surface area contributed by atoms with Crippen LogP contribution in [0.5, 0.6) is 0 Å². The van der Waals surface area contributed by atoms with Gasteiger partial charge in [-0.3, -0.25) is 0 Å². The maximum Gasteiger partial charge on any atom is 0.407 e. The van der Waals surface area contributed by atoms with Crippen LogP contribution < -0.4 is 11.1 Å². The quantitative estimate of drug-likeness (QED) is 0.697. The Morgan fingerprint density at radius 2 is 2.00 bits per heavy atom. The van der Waals surface area contributed by atoms with Crippen molar-refractivity contribution in [3.8, 4) is 0 Å². The summed E-state index contributed by atoms with van der Waals surface area (Å²) in [4.78, 5) is 11.5. The molecule has 3 atom stereocenters. The van der Waals surface area contributed by atoms with Gasteiger partial charge in [-0.2, -0.15) is 0 Å². The minimum Gasteiger partial charge on any atom is -0.444 e. The highest BCUT2D eigenvalue weighted by atomic mass is 16.6. The molecule has 0 unspecified atom stereocenters. The molecule has 0 heterocycles. The fourth-order valence-corrected chi connectivity index (χ4v) is 1.96. The number of alkyl carbamates (subject to hydrolysis) is 1. The first-order chi connectivity index (χ1) is 6.78. The number of nitrogens with two attached hydrogens (primary N) is 1. The molecule has 0 saturated heterocycles. The smallest absolute Gasteiger partial charge is 0.407 e. The van der Waals surface area contributed by atoms with Crippen LogP contribution in [0, 0.1) is 5.92 Å². The number of carbonyl (C=O) groups excluding carboxylic acids is 1. The second-order valence-electron chi connectivity index (χ2n) is 5.49. The molecule has 88 valence electrons. The first kappa shape index (κ1) is 12.3. The molecule has 0 aromatic heterocycles. The third-order valence-corrected chi connectivity index (χ3v) is 2.55. The van der Waals surface area contributed by atoms with E-state index in [1.165, 1.54) is 0 Å². The van der Waals surface area contributed by atoms with Crippen LogP contribution in [-0.2, 0) is 4.74 Å². The predicted octanol–water partition coefficient (Wildman–Crippen LogP) is 1.64.